The molecule has 0 saturated carbocycles. The predicted molar refractivity (Wildman–Crippen MR) is 208 cm³/mol. The molecule has 1 aliphatic heterocycles. The molecule has 10 rings (SSSR count). The Morgan fingerprint density at radius 3 is 1.60 bits per heavy atom. The SMILES string of the molecule is Cc1ccc(-n2c3ccccc3c3cc(-c4ccc5c(c4)c4ccccc4n5-c4cc(C#N)ccc4N4C(=O)c5ccccc5C4=O)ccc32)cc1. The molecule has 0 fully saturated rings. The van der Waals surface area contributed by atoms with Crippen molar-refractivity contribution in [1.29, 1.82) is 5.26 Å². The number of anilines is 1. The maximum atomic E-state index is 13.7. The van der Waals surface area contributed by atoms with E-state index in [1.54, 1.807) is 42.5 Å². The molecule has 7 aromatic carbocycles. The number of aryl methyl sites for hydroxylation is 1. The third kappa shape index (κ3) is 4.23. The van der Waals surface area contributed by atoms with Crippen LogP contribution in [-0.2, 0) is 0 Å². The van der Waals surface area contributed by atoms with E-state index in [0.717, 1.165) is 49.7 Å². The number of nitrogens with zero attached hydrogens (tertiary/aromatic N) is 4. The topological polar surface area (TPSA) is 71.0 Å². The van der Waals surface area contributed by atoms with Crippen molar-refractivity contribution in [2.45, 2.75) is 6.92 Å². The molecule has 0 spiro atoms. The average molecular weight is 669 g/mol. The number of carbonyl (C=O) groups excluding carboxylic acids is 2. The zero-order chi connectivity index (χ0) is 35.1. The summed E-state index contributed by atoms with van der Waals surface area (Å²) in [5.41, 5.74) is 10.8. The van der Waals surface area contributed by atoms with Gasteiger partial charge < -0.3 is 9.13 Å². The summed E-state index contributed by atoms with van der Waals surface area (Å²) in [5.74, 6) is -0.762. The van der Waals surface area contributed by atoms with Gasteiger partial charge in [0.15, 0.2) is 0 Å². The summed E-state index contributed by atoms with van der Waals surface area (Å²) in [6, 6.07) is 52.6. The van der Waals surface area contributed by atoms with Crippen molar-refractivity contribution in [3.63, 3.8) is 0 Å². The Hall–Kier alpha value is -7.23. The molecule has 0 saturated heterocycles. The van der Waals surface area contributed by atoms with E-state index >= 15 is 0 Å². The number of hydrogen-bond acceptors (Lipinski definition) is 3. The molecule has 1 aliphatic rings. The average Bonchev–Trinajstić information content (AvgIpc) is 3.79. The second-order valence-corrected chi connectivity index (χ2v) is 13.3. The standard InChI is InChI=1S/C46H28N4O2/c1-28-14-19-32(20-15-28)48-39-12-6-4-8-33(39)37-25-30(17-22-41(37)48)31-18-23-42-38(26-31)34-9-5-7-13-40(34)49(42)44-24-29(27-47)16-21-43(44)50-45(51)35-10-2-3-11-36(35)46(50)52/h2-26H,1H3. The molecule has 9 aromatic rings. The molecule has 0 N–H and O–H groups in total. The lowest BCUT2D eigenvalue weighted by molar-refractivity contribution is 0.0926. The Balaban J connectivity index is 1.17. The fourth-order valence-corrected chi connectivity index (χ4v) is 7.91. The summed E-state index contributed by atoms with van der Waals surface area (Å²) in [4.78, 5) is 28.7. The zero-order valence-corrected chi connectivity index (χ0v) is 28.0. The predicted octanol–water partition coefficient (Wildman–Crippen LogP) is 10.5. The van der Waals surface area contributed by atoms with E-state index < -0.39 is 0 Å². The van der Waals surface area contributed by atoms with Gasteiger partial charge >= 0.3 is 0 Å². The largest absolute Gasteiger partial charge is 0.309 e. The van der Waals surface area contributed by atoms with Crippen molar-refractivity contribution in [3.05, 3.63) is 174 Å². The number of rotatable bonds is 4. The number of imide groups is 1. The Morgan fingerprint density at radius 2 is 1.00 bits per heavy atom. The molecule has 0 atom stereocenters. The van der Waals surface area contributed by atoms with Crippen LogP contribution in [0, 0.1) is 18.3 Å². The van der Waals surface area contributed by atoms with Crippen LogP contribution >= 0.6 is 0 Å². The normalized spacial score (nSPS) is 12.7. The van der Waals surface area contributed by atoms with Crippen LogP contribution in [0.4, 0.5) is 5.69 Å². The molecule has 0 bridgehead atoms. The van der Waals surface area contributed by atoms with Crippen molar-refractivity contribution >= 4 is 61.1 Å². The molecule has 244 valence electrons. The Morgan fingerprint density at radius 1 is 0.481 bits per heavy atom. The molecular formula is C46H28N4O2. The molecule has 2 aromatic heterocycles. The van der Waals surface area contributed by atoms with Gasteiger partial charge in [0, 0.05) is 27.2 Å². The summed E-state index contributed by atoms with van der Waals surface area (Å²) in [7, 11) is 0. The number of fused-ring (bicyclic) bond motifs is 7. The van der Waals surface area contributed by atoms with Crippen molar-refractivity contribution in [1.82, 2.24) is 9.13 Å². The summed E-state index contributed by atoms with van der Waals surface area (Å²) < 4.78 is 4.39. The second-order valence-electron chi connectivity index (χ2n) is 13.3. The van der Waals surface area contributed by atoms with Crippen molar-refractivity contribution < 1.29 is 9.59 Å². The van der Waals surface area contributed by atoms with Gasteiger partial charge in [0.2, 0.25) is 0 Å². The van der Waals surface area contributed by atoms with Gasteiger partial charge in [-0.3, -0.25) is 9.59 Å². The van der Waals surface area contributed by atoms with E-state index in [1.807, 2.05) is 18.2 Å². The molecule has 0 unspecified atom stereocenters. The van der Waals surface area contributed by atoms with Gasteiger partial charge in [0.25, 0.3) is 11.8 Å². The van der Waals surface area contributed by atoms with E-state index in [1.165, 1.54) is 21.2 Å². The van der Waals surface area contributed by atoms with E-state index in [-0.39, 0.29) is 11.8 Å². The summed E-state index contributed by atoms with van der Waals surface area (Å²) >= 11 is 0. The minimum absolute atomic E-state index is 0.369. The molecule has 6 nitrogen and oxygen atoms in total. The highest BCUT2D eigenvalue weighted by molar-refractivity contribution is 6.35. The Labute approximate surface area is 298 Å². The number of hydrogen-bond donors (Lipinski definition) is 0. The summed E-state index contributed by atoms with van der Waals surface area (Å²) in [5, 5.41) is 14.4. The van der Waals surface area contributed by atoms with Crippen molar-refractivity contribution in [3.8, 4) is 28.6 Å². The fourth-order valence-electron chi connectivity index (χ4n) is 7.91. The van der Waals surface area contributed by atoms with Crippen LogP contribution < -0.4 is 4.90 Å². The minimum Gasteiger partial charge on any atom is -0.309 e. The maximum absolute atomic E-state index is 13.7. The monoisotopic (exact) mass is 668 g/mol. The fraction of sp³-hybridized carbons (Fsp3) is 0.0217. The van der Waals surface area contributed by atoms with E-state index in [4.69, 9.17) is 0 Å². The summed E-state index contributed by atoms with van der Waals surface area (Å²) in [6.07, 6.45) is 0. The van der Waals surface area contributed by atoms with Gasteiger partial charge in [-0.1, -0.05) is 78.4 Å². The van der Waals surface area contributed by atoms with Gasteiger partial charge in [0.05, 0.1) is 56.2 Å². The van der Waals surface area contributed by atoms with Gasteiger partial charge in [0.1, 0.15) is 0 Å². The van der Waals surface area contributed by atoms with Crippen LogP contribution in [0.25, 0.3) is 66.1 Å². The van der Waals surface area contributed by atoms with Crippen LogP contribution in [0.3, 0.4) is 0 Å². The first-order chi connectivity index (χ1) is 25.5. The highest BCUT2D eigenvalue weighted by Gasteiger charge is 2.38. The summed E-state index contributed by atoms with van der Waals surface area (Å²) in [6.45, 7) is 2.10. The number of amides is 2. The minimum atomic E-state index is -0.381. The molecule has 6 heteroatoms. The van der Waals surface area contributed by atoms with Gasteiger partial charge in [-0.15, -0.1) is 0 Å². The van der Waals surface area contributed by atoms with Gasteiger partial charge in [-0.25, -0.2) is 4.90 Å². The first kappa shape index (κ1) is 29.7. The van der Waals surface area contributed by atoms with Crippen LogP contribution in [0.2, 0.25) is 0 Å². The molecular weight excluding hydrogens is 641 g/mol. The number of carbonyl (C=O) groups is 2. The van der Waals surface area contributed by atoms with Gasteiger partial charge in [-0.2, -0.15) is 5.26 Å². The van der Waals surface area contributed by atoms with E-state index in [2.05, 4.69) is 113 Å². The number of nitriles is 1. The van der Waals surface area contributed by atoms with E-state index in [9.17, 15) is 14.9 Å². The quantitative estimate of drug-likeness (QED) is 0.175. The van der Waals surface area contributed by atoms with Crippen LogP contribution in [-0.4, -0.2) is 20.9 Å². The lowest BCUT2D eigenvalue weighted by Crippen LogP contribution is -2.30. The van der Waals surface area contributed by atoms with E-state index in [0.29, 0.717) is 28.1 Å². The zero-order valence-electron chi connectivity index (χ0n) is 28.0. The molecule has 0 aliphatic carbocycles. The molecule has 52 heavy (non-hydrogen) atoms. The maximum Gasteiger partial charge on any atom is 0.266 e. The first-order valence-corrected chi connectivity index (χ1v) is 17.2. The van der Waals surface area contributed by atoms with Crippen LogP contribution in [0.15, 0.2) is 152 Å². The smallest absolute Gasteiger partial charge is 0.266 e. The molecule has 2 amide bonds. The lowest BCUT2D eigenvalue weighted by Gasteiger charge is -2.20. The Kier molecular flexibility index (Phi) is 6.36. The Bertz CT molecular complexity index is 3000. The van der Waals surface area contributed by atoms with Crippen LogP contribution in [0.1, 0.15) is 31.8 Å². The highest BCUT2D eigenvalue weighted by atomic mass is 16.2. The van der Waals surface area contributed by atoms with Gasteiger partial charge in [-0.05, 0) is 96.9 Å². The molecule has 0 radical (unpaired) electrons. The van der Waals surface area contributed by atoms with Crippen LogP contribution in [0.5, 0.6) is 0 Å². The third-order valence-corrected chi connectivity index (χ3v) is 10.4. The second kappa shape index (κ2) is 11.1. The first-order valence-electron chi connectivity index (χ1n) is 17.2. The van der Waals surface area contributed by atoms with Crippen molar-refractivity contribution in [2.24, 2.45) is 0 Å². The van der Waals surface area contributed by atoms with Crippen molar-refractivity contribution in [2.75, 3.05) is 4.90 Å². The lowest BCUT2D eigenvalue weighted by atomic mass is 10.0. The highest BCUT2D eigenvalue weighted by Crippen LogP contribution is 2.41. The number of para-hydroxylation sites is 2. The number of aromatic nitrogens is 2. The number of benzene rings is 7. The third-order valence-electron chi connectivity index (χ3n) is 10.4. The molecule has 3 heterocycles.